The topological polar surface area (TPSA) is 55.7 Å². The SMILES string of the molecule is CC(=O)c1csc(-c2ccnc(C)n2)n1. The Hall–Kier alpha value is -1.62. The van der Waals surface area contributed by atoms with Crippen molar-refractivity contribution in [1.82, 2.24) is 15.0 Å². The summed E-state index contributed by atoms with van der Waals surface area (Å²) < 4.78 is 0. The van der Waals surface area contributed by atoms with Gasteiger partial charge in [-0.3, -0.25) is 4.79 Å². The van der Waals surface area contributed by atoms with Gasteiger partial charge in [0.1, 0.15) is 22.2 Å². The minimum Gasteiger partial charge on any atom is -0.293 e. The molecule has 0 saturated heterocycles. The third kappa shape index (κ3) is 2.07. The molecule has 2 heterocycles. The summed E-state index contributed by atoms with van der Waals surface area (Å²) in [7, 11) is 0. The van der Waals surface area contributed by atoms with E-state index in [-0.39, 0.29) is 5.78 Å². The van der Waals surface area contributed by atoms with Crippen LogP contribution in [0.15, 0.2) is 17.6 Å². The highest BCUT2D eigenvalue weighted by atomic mass is 32.1. The van der Waals surface area contributed by atoms with Crippen molar-refractivity contribution in [1.29, 1.82) is 0 Å². The van der Waals surface area contributed by atoms with Crippen LogP contribution >= 0.6 is 11.3 Å². The third-order valence-corrected chi connectivity index (χ3v) is 2.72. The van der Waals surface area contributed by atoms with E-state index in [1.807, 2.05) is 6.92 Å². The van der Waals surface area contributed by atoms with Crippen LogP contribution in [0.3, 0.4) is 0 Å². The second-order valence-electron chi connectivity index (χ2n) is 3.08. The Morgan fingerprint density at radius 1 is 1.40 bits per heavy atom. The molecule has 0 aliphatic heterocycles. The highest BCUT2D eigenvalue weighted by Gasteiger charge is 2.08. The minimum absolute atomic E-state index is 0.0247. The smallest absolute Gasteiger partial charge is 0.178 e. The van der Waals surface area contributed by atoms with E-state index in [1.54, 1.807) is 17.6 Å². The van der Waals surface area contributed by atoms with Gasteiger partial charge >= 0.3 is 0 Å². The number of Topliss-reactive ketones (excluding diaryl/α,β-unsaturated/α-hetero) is 1. The highest BCUT2D eigenvalue weighted by Crippen LogP contribution is 2.21. The molecule has 0 unspecified atom stereocenters. The first kappa shape index (κ1) is 9.92. The predicted octanol–water partition coefficient (Wildman–Crippen LogP) is 2.11. The van der Waals surface area contributed by atoms with Gasteiger partial charge in [-0.2, -0.15) is 0 Å². The molecule has 0 spiro atoms. The zero-order valence-corrected chi connectivity index (χ0v) is 9.21. The summed E-state index contributed by atoms with van der Waals surface area (Å²) in [5, 5.41) is 2.50. The molecule has 5 heteroatoms. The van der Waals surface area contributed by atoms with E-state index in [1.165, 1.54) is 18.3 Å². The van der Waals surface area contributed by atoms with Crippen molar-refractivity contribution in [3.63, 3.8) is 0 Å². The van der Waals surface area contributed by atoms with Crippen LogP contribution in [0, 0.1) is 6.92 Å². The van der Waals surface area contributed by atoms with Gasteiger partial charge in [-0.1, -0.05) is 0 Å². The maximum Gasteiger partial charge on any atom is 0.178 e. The van der Waals surface area contributed by atoms with Crippen LogP contribution in [-0.4, -0.2) is 20.7 Å². The predicted molar refractivity (Wildman–Crippen MR) is 57.9 cm³/mol. The molecule has 0 aliphatic rings. The van der Waals surface area contributed by atoms with Crippen LogP contribution in [0.25, 0.3) is 10.7 Å². The number of carbonyl (C=O) groups excluding carboxylic acids is 1. The molecule has 2 rings (SSSR count). The second kappa shape index (κ2) is 3.86. The number of carbonyl (C=O) groups is 1. The molecule has 4 nitrogen and oxygen atoms in total. The van der Waals surface area contributed by atoms with Crippen LogP contribution < -0.4 is 0 Å². The van der Waals surface area contributed by atoms with Crippen molar-refractivity contribution in [2.45, 2.75) is 13.8 Å². The lowest BCUT2D eigenvalue weighted by Gasteiger charge is -1.95. The number of aromatic nitrogens is 3. The molecular formula is C10H9N3OS. The third-order valence-electron chi connectivity index (χ3n) is 1.86. The fourth-order valence-electron chi connectivity index (χ4n) is 1.13. The zero-order chi connectivity index (χ0) is 10.8. The number of aryl methyl sites for hydroxylation is 1. The van der Waals surface area contributed by atoms with Gasteiger partial charge in [0.2, 0.25) is 0 Å². The van der Waals surface area contributed by atoms with Crippen molar-refractivity contribution in [2.24, 2.45) is 0 Å². The fourth-order valence-corrected chi connectivity index (χ4v) is 1.96. The molecule has 2 aromatic heterocycles. The van der Waals surface area contributed by atoms with Crippen molar-refractivity contribution in [3.8, 4) is 10.7 Å². The van der Waals surface area contributed by atoms with Crippen LogP contribution in [0.1, 0.15) is 23.2 Å². The molecule has 76 valence electrons. The summed E-state index contributed by atoms with van der Waals surface area (Å²) in [6.07, 6.45) is 1.69. The summed E-state index contributed by atoms with van der Waals surface area (Å²) in [4.78, 5) is 23.5. The number of rotatable bonds is 2. The number of nitrogens with zero attached hydrogens (tertiary/aromatic N) is 3. The van der Waals surface area contributed by atoms with Gasteiger partial charge in [0.25, 0.3) is 0 Å². The Labute approximate surface area is 91.0 Å². The lowest BCUT2D eigenvalue weighted by Crippen LogP contribution is -1.93. The van der Waals surface area contributed by atoms with Crippen LogP contribution in [0.2, 0.25) is 0 Å². The van der Waals surface area contributed by atoms with Gasteiger partial charge in [-0.05, 0) is 13.0 Å². The van der Waals surface area contributed by atoms with Gasteiger partial charge in [0, 0.05) is 18.5 Å². The maximum atomic E-state index is 11.1. The van der Waals surface area contributed by atoms with E-state index in [0.717, 1.165) is 10.7 Å². The Bertz CT molecular complexity index is 507. The molecule has 0 aromatic carbocycles. The zero-order valence-electron chi connectivity index (χ0n) is 8.39. The molecule has 0 atom stereocenters. The number of thiazole rings is 1. The number of hydrogen-bond acceptors (Lipinski definition) is 5. The average Bonchev–Trinajstić information content (AvgIpc) is 2.66. The van der Waals surface area contributed by atoms with Crippen LogP contribution in [-0.2, 0) is 0 Å². The van der Waals surface area contributed by atoms with E-state index < -0.39 is 0 Å². The van der Waals surface area contributed by atoms with E-state index in [2.05, 4.69) is 15.0 Å². The fraction of sp³-hybridized carbons (Fsp3) is 0.200. The molecule has 0 amide bonds. The molecule has 0 fully saturated rings. The van der Waals surface area contributed by atoms with Gasteiger partial charge in [-0.25, -0.2) is 15.0 Å². The summed E-state index contributed by atoms with van der Waals surface area (Å²) in [6, 6.07) is 1.79. The molecule has 15 heavy (non-hydrogen) atoms. The van der Waals surface area contributed by atoms with Gasteiger partial charge in [0.05, 0.1) is 0 Å². The average molecular weight is 219 g/mol. The quantitative estimate of drug-likeness (QED) is 0.726. The van der Waals surface area contributed by atoms with Crippen molar-refractivity contribution < 1.29 is 4.79 Å². The highest BCUT2D eigenvalue weighted by molar-refractivity contribution is 7.13. The number of hydrogen-bond donors (Lipinski definition) is 0. The van der Waals surface area contributed by atoms with E-state index in [0.29, 0.717) is 11.5 Å². The number of ketones is 1. The minimum atomic E-state index is -0.0247. The lowest BCUT2D eigenvalue weighted by atomic mass is 10.3. The lowest BCUT2D eigenvalue weighted by molar-refractivity contribution is 0.101. The second-order valence-corrected chi connectivity index (χ2v) is 3.94. The Kier molecular flexibility index (Phi) is 2.55. The van der Waals surface area contributed by atoms with E-state index in [9.17, 15) is 4.79 Å². The van der Waals surface area contributed by atoms with Crippen molar-refractivity contribution in [3.05, 3.63) is 29.2 Å². The van der Waals surface area contributed by atoms with Crippen LogP contribution in [0.4, 0.5) is 0 Å². The summed E-state index contributed by atoms with van der Waals surface area (Å²) >= 11 is 1.42. The molecule has 0 aliphatic carbocycles. The van der Waals surface area contributed by atoms with Gasteiger partial charge in [0.15, 0.2) is 5.78 Å². The first-order valence-corrected chi connectivity index (χ1v) is 5.31. The summed E-state index contributed by atoms with van der Waals surface area (Å²) in [5.41, 5.74) is 1.26. The largest absolute Gasteiger partial charge is 0.293 e. The van der Waals surface area contributed by atoms with E-state index in [4.69, 9.17) is 0 Å². The summed E-state index contributed by atoms with van der Waals surface area (Å²) in [5.74, 6) is 0.676. The van der Waals surface area contributed by atoms with Crippen LogP contribution in [0.5, 0.6) is 0 Å². The van der Waals surface area contributed by atoms with Crippen molar-refractivity contribution in [2.75, 3.05) is 0 Å². The first-order valence-electron chi connectivity index (χ1n) is 4.43. The molecule has 0 radical (unpaired) electrons. The molecule has 0 saturated carbocycles. The maximum absolute atomic E-state index is 11.1. The van der Waals surface area contributed by atoms with Gasteiger partial charge in [-0.15, -0.1) is 11.3 Å². The Morgan fingerprint density at radius 2 is 2.20 bits per heavy atom. The van der Waals surface area contributed by atoms with E-state index >= 15 is 0 Å². The van der Waals surface area contributed by atoms with Gasteiger partial charge < -0.3 is 0 Å². The molecular weight excluding hydrogens is 210 g/mol. The first-order chi connectivity index (χ1) is 7.16. The standard InChI is InChI=1S/C10H9N3OS/c1-6(14)9-5-15-10(13-9)8-3-4-11-7(2)12-8/h3-5H,1-2H3. The Balaban J connectivity index is 2.41. The molecule has 2 aromatic rings. The summed E-state index contributed by atoms with van der Waals surface area (Å²) in [6.45, 7) is 3.33. The monoisotopic (exact) mass is 219 g/mol. The Morgan fingerprint density at radius 3 is 2.80 bits per heavy atom. The molecule has 0 bridgehead atoms. The molecule has 0 N–H and O–H groups in total. The normalized spacial score (nSPS) is 10.3. The van der Waals surface area contributed by atoms with Crippen molar-refractivity contribution >= 4 is 17.1 Å².